The Kier molecular flexibility index (Phi) is 3.99. The quantitative estimate of drug-likeness (QED) is 0.870. The molecule has 1 aliphatic heterocycles. The molecule has 0 bridgehead atoms. The van der Waals surface area contributed by atoms with Gasteiger partial charge in [-0.2, -0.15) is 0 Å². The van der Waals surface area contributed by atoms with Crippen molar-refractivity contribution in [1.82, 2.24) is 0 Å². The van der Waals surface area contributed by atoms with Crippen molar-refractivity contribution in [3.8, 4) is 0 Å². The van der Waals surface area contributed by atoms with Crippen LogP contribution in [0.5, 0.6) is 0 Å². The van der Waals surface area contributed by atoms with E-state index in [-0.39, 0.29) is 11.3 Å². The highest BCUT2D eigenvalue weighted by molar-refractivity contribution is 5.69. The number of aliphatic carboxylic acids is 1. The molecule has 0 spiro atoms. The SMILES string of the molecule is CC(CC(=O)O)C1(F)c2cccc(F)c2NC1c1ccc(F)cc1. The van der Waals surface area contributed by atoms with Crippen LogP contribution >= 0.6 is 0 Å². The van der Waals surface area contributed by atoms with Crippen molar-refractivity contribution in [3.63, 3.8) is 0 Å². The van der Waals surface area contributed by atoms with Crippen LogP contribution in [0.2, 0.25) is 0 Å². The fourth-order valence-electron chi connectivity index (χ4n) is 3.34. The number of anilines is 1. The molecule has 126 valence electrons. The summed E-state index contributed by atoms with van der Waals surface area (Å²) in [6.07, 6.45) is -0.411. The second-order valence-electron chi connectivity index (χ2n) is 6.06. The normalized spacial score (nSPS) is 23.4. The van der Waals surface area contributed by atoms with E-state index in [0.29, 0.717) is 5.56 Å². The molecule has 0 amide bonds. The zero-order valence-corrected chi connectivity index (χ0v) is 12.9. The maximum atomic E-state index is 16.1. The summed E-state index contributed by atoms with van der Waals surface area (Å²) >= 11 is 0. The predicted octanol–water partition coefficient (Wildman–Crippen LogP) is 4.41. The number of carboxylic acids is 1. The first kappa shape index (κ1) is 16.4. The predicted molar refractivity (Wildman–Crippen MR) is 83.4 cm³/mol. The number of carboxylic acid groups (broad SMARTS) is 1. The third kappa shape index (κ3) is 2.52. The topological polar surface area (TPSA) is 49.3 Å². The summed E-state index contributed by atoms with van der Waals surface area (Å²) in [7, 11) is 0. The van der Waals surface area contributed by atoms with Crippen molar-refractivity contribution < 1.29 is 23.1 Å². The summed E-state index contributed by atoms with van der Waals surface area (Å²) in [5.41, 5.74) is -1.60. The van der Waals surface area contributed by atoms with Gasteiger partial charge < -0.3 is 10.4 Å². The Labute approximate surface area is 137 Å². The van der Waals surface area contributed by atoms with E-state index in [9.17, 15) is 13.6 Å². The van der Waals surface area contributed by atoms with Crippen LogP contribution < -0.4 is 5.32 Å². The van der Waals surface area contributed by atoms with E-state index in [2.05, 4.69) is 5.32 Å². The molecule has 0 aliphatic carbocycles. The van der Waals surface area contributed by atoms with Crippen LogP contribution in [-0.2, 0) is 10.5 Å². The number of nitrogens with one attached hydrogen (secondary N) is 1. The number of carbonyl (C=O) groups is 1. The molecule has 3 unspecified atom stereocenters. The number of benzene rings is 2. The number of para-hydroxylation sites is 1. The standard InChI is InChI=1S/C18H16F3NO2/c1-10(9-15(23)24)18(21)13-3-2-4-14(20)16(13)22-17(18)11-5-7-12(19)8-6-11/h2-8,10,17,22H,9H2,1H3,(H,23,24). The Morgan fingerprint density at radius 1 is 1.25 bits per heavy atom. The number of alkyl halides is 1. The number of rotatable bonds is 4. The minimum absolute atomic E-state index is 0.0200. The Hall–Kier alpha value is -2.50. The Bertz CT molecular complexity index is 778. The first-order chi connectivity index (χ1) is 11.3. The highest BCUT2D eigenvalue weighted by Crippen LogP contribution is 2.55. The van der Waals surface area contributed by atoms with Gasteiger partial charge in [-0.05, 0) is 23.8 Å². The summed E-state index contributed by atoms with van der Waals surface area (Å²) in [5, 5.41) is 11.9. The maximum absolute atomic E-state index is 16.1. The average molecular weight is 335 g/mol. The fourth-order valence-corrected chi connectivity index (χ4v) is 3.34. The lowest BCUT2D eigenvalue weighted by Crippen LogP contribution is -2.35. The highest BCUT2D eigenvalue weighted by atomic mass is 19.1. The molecule has 2 aromatic rings. The van der Waals surface area contributed by atoms with Crippen molar-refractivity contribution in [2.45, 2.75) is 25.1 Å². The van der Waals surface area contributed by atoms with Crippen LogP contribution in [0, 0.1) is 17.6 Å². The Balaban J connectivity index is 2.13. The van der Waals surface area contributed by atoms with Crippen molar-refractivity contribution >= 4 is 11.7 Å². The van der Waals surface area contributed by atoms with E-state index in [4.69, 9.17) is 5.11 Å². The molecule has 6 heteroatoms. The lowest BCUT2D eigenvalue weighted by atomic mass is 9.77. The first-order valence-corrected chi connectivity index (χ1v) is 7.55. The van der Waals surface area contributed by atoms with Crippen LogP contribution in [0.4, 0.5) is 18.9 Å². The molecule has 0 fully saturated rings. The van der Waals surface area contributed by atoms with Gasteiger partial charge in [0.05, 0.1) is 18.2 Å². The molecule has 0 saturated carbocycles. The molecule has 2 N–H and O–H groups in total. The van der Waals surface area contributed by atoms with E-state index < -0.39 is 41.7 Å². The molecule has 1 heterocycles. The van der Waals surface area contributed by atoms with Gasteiger partial charge in [-0.15, -0.1) is 0 Å². The van der Waals surface area contributed by atoms with E-state index in [1.807, 2.05) is 0 Å². The largest absolute Gasteiger partial charge is 0.481 e. The zero-order valence-electron chi connectivity index (χ0n) is 12.9. The molecule has 24 heavy (non-hydrogen) atoms. The molecular weight excluding hydrogens is 319 g/mol. The molecule has 0 saturated heterocycles. The molecule has 3 atom stereocenters. The van der Waals surface area contributed by atoms with Gasteiger partial charge in [0, 0.05) is 11.5 Å². The lowest BCUT2D eigenvalue weighted by Gasteiger charge is -2.33. The number of hydrogen-bond donors (Lipinski definition) is 2. The molecule has 1 aliphatic rings. The average Bonchev–Trinajstić information content (AvgIpc) is 2.84. The van der Waals surface area contributed by atoms with E-state index >= 15 is 4.39 Å². The third-order valence-electron chi connectivity index (χ3n) is 4.54. The van der Waals surface area contributed by atoms with Gasteiger partial charge in [0.2, 0.25) is 0 Å². The number of halogens is 3. The van der Waals surface area contributed by atoms with E-state index in [1.165, 1.54) is 49.4 Å². The number of hydrogen-bond acceptors (Lipinski definition) is 2. The van der Waals surface area contributed by atoms with Gasteiger partial charge in [0.1, 0.15) is 11.6 Å². The molecule has 0 radical (unpaired) electrons. The molecule has 0 aromatic heterocycles. The van der Waals surface area contributed by atoms with Gasteiger partial charge in [-0.1, -0.05) is 31.2 Å². The van der Waals surface area contributed by atoms with Crippen molar-refractivity contribution in [2.75, 3.05) is 5.32 Å². The number of fused-ring (bicyclic) bond motifs is 1. The Morgan fingerprint density at radius 2 is 1.92 bits per heavy atom. The van der Waals surface area contributed by atoms with Crippen LogP contribution in [0.15, 0.2) is 42.5 Å². The minimum Gasteiger partial charge on any atom is -0.481 e. The van der Waals surface area contributed by atoms with E-state index in [0.717, 1.165) is 0 Å². The van der Waals surface area contributed by atoms with Gasteiger partial charge >= 0.3 is 5.97 Å². The smallest absolute Gasteiger partial charge is 0.303 e. The van der Waals surface area contributed by atoms with Crippen molar-refractivity contribution in [2.24, 2.45) is 5.92 Å². The van der Waals surface area contributed by atoms with Crippen LogP contribution in [-0.4, -0.2) is 11.1 Å². The van der Waals surface area contributed by atoms with Gasteiger partial charge in [-0.25, -0.2) is 13.2 Å². The fraction of sp³-hybridized carbons (Fsp3) is 0.278. The summed E-state index contributed by atoms with van der Waals surface area (Å²) in [6.45, 7) is 1.48. The van der Waals surface area contributed by atoms with Gasteiger partial charge in [0.15, 0.2) is 5.67 Å². The summed E-state index contributed by atoms with van der Waals surface area (Å²) in [5.74, 6) is -3.13. The van der Waals surface area contributed by atoms with Crippen molar-refractivity contribution in [3.05, 3.63) is 65.2 Å². The zero-order chi connectivity index (χ0) is 17.5. The second-order valence-corrected chi connectivity index (χ2v) is 6.06. The Morgan fingerprint density at radius 3 is 2.54 bits per heavy atom. The summed E-state index contributed by atoms with van der Waals surface area (Å²) < 4.78 is 43.4. The maximum Gasteiger partial charge on any atom is 0.303 e. The second kappa shape index (κ2) is 5.85. The van der Waals surface area contributed by atoms with E-state index in [1.54, 1.807) is 0 Å². The summed E-state index contributed by atoms with van der Waals surface area (Å²) in [6, 6.07) is 8.27. The highest BCUT2D eigenvalue weighted by Gasteiger charge is 2.53. The van der Waals surface area contributed by atoms with Crippen LogP contribution in [0.25, 0.3) is 0 Å². The lowest BCUT2D eigenvalue weighted by molar-refractivity contribution is -0.139. The first-order valence-electron chi connectivity index (χ1n) is 7.55. The van der Waals surface area contributed by atoms with Crippen LogP contribution in [0.1, 0.15) is 30.5 Å². The third-order valence-corrected chi connectivity index (χ3v) is 4.54. The summed E-state index contributed by atoms with van der Waals surface area (Å²) in [4.78, 5) is 11.1. The monoisotopic (exact) mass is 335 g/mol. The minimum atomic E-state index is -2.13. The van der Waals surface area contributed by atoms with Crippen molar-refractivity contribution in [1.29, 1.82) is 0 Å². The van der Waals surface area contributed by atoms with Gasteiger partial charge in [0.25, 0.3) is 0 Å². The molecule has 3 rings (SSSR count). The molecule has 3 nitrogen and oxygen atoms in total. The van der Waals surface area contributed by atoms with Crippen LogP contribution in [0.3, 0.4) is 0 Å². The molecule has 2 aromatic carbocycles. The molecular formula is C18H16F3NO2. The van der Waals surface area contributed by atoms with Gasteiger partial charge in [-0.3, -0.25) is 4.79 Å².